The monoisotopic (exact) mass is 304 g/mol. The molecule has 5 heteroatoms. The summed E-state index contributed by atoms with van der Waals surface area (Å²) in [5.41, 5.74) is 1.42. The standard InChI is InChI=1S/C17H20O5/c1-11-14-9-12(19-2)6-7-15(14)22-16(11)17(18)21-10-13-5-3-4-8-20-13/h6-7,9,13H,3-5,8,10H2,1-2H3. The first-order valence-corrected chi connectivity index (χ1v) is 7.55. The molecule has 0 aliphatic carbocycles. The molecule has 1 saturated heterocycles. The first kappa shape index (κ1) is 14.9. The maximum absolute atomic E-state index is 12.2. The van der Waals surface area contributed by atoms with Crippen LogP contribution in [-0.2, 0) is 9.47 Å². The van der Waals surface area contributed by atoms with Gasteiger partial charge < -0.3 is 18.6 Å². The van der Waals surface area contributed by atoms with Crippen molar-refractivity contribution < 1.29 is 23.4 Å². The van der Waals surface area contributed by atoms with Gasteiger partial charge in [-0.25, -0.2) is 4.79 Å². The number of carbonyl (C=O) groups is 1. The average Bonchev–Trinajstić information content (AvgIpc) is 2.90. The molecule has 0 spiro atoms. The van der Waals surface area contributed by atoms with E-state index in [0.717, 1.165) is 42.6 Å². The largest absolute Gasteiger partial charge is 0.497 e. The summed E-state index contributed by atoms with van der Waals surface area (Å²) < 4.78 is 21.7. The van der Waals surface area contributed by atoms with Crippen LogP contribution >= 0.6 is 0 Å². The average molecular weight is 304 g/mol. The van der Waals surface area contributed by atoms with E-state index < -0.39 is 5.97 Å². The molecule has 2 aromatic rings. The van der Waals surface area contributed by atoms with Gasteiger partial charge in [0.2, 0.25) is 5.76 Å². The molecule has 0 amide bonds. The molecule has 1 aromatic carbocycles. The molecule has 1 aliphatic rings. The highest BCUT2D eigenvalue weighted by molar-refractivity contribution is 5.96. The first-order chi connectivity index (χ1) is 10.7. The van der Waals surface area contributed by atoms with Gasteiger partial charge in [0.1, 0.15) is 17.9 Å². The summed E-state index contributed by atoms with van der Waals surface area (Å²) >= 11 is 0. The van der Waals surface area contributed by atoms with Crippen LogP contribution in [0, 0.1) is 6.92 Å². The molecule has 3 rings (SSSR count). The van der Waals surface area contributed by atoms with Crippen LogP contribution in [0.15, 0.2) is 22.6 Å². The molecule has 1 aliphatic heterocycles. The summed E-state index contributed by atoms with van der Waals surface area (Å²) in [6, 6.07) is 5.45. The summed E-state index contributed by atoms with van der Waals surface area (Å²) in [6.45, 7) is 2.86. The number of ether oxygens (including phenoxy) is 3. The van der Waals surface area contributed by atoms with E-state index in [9.17, 15) is 4.79 Å². The van der Waals surface area contributed by atoms with Crippen molar-refractivity contribution in [3.05, 3.63) is 29.5 Å². The quantitative estimate of drug-likeness (QED) is 0.809. The van der Waals surface area contributed by atoms with Gasteiger partial charge in [0.05, 0.1) is 13.2 Å². The van der Waals surface area contributed by atoms with E-state index in [1.54, 1.807) is 19.2 Å². The van der Waals surface area contributed by atoms with Gasteiger partial charge in [0.25, 0.3) is 0 Å². The number of furan rings is 1. The lowest BCUT2D eigenvalue weighted by Crippen LogP contribution is -2.26. The normalized spacial score (nSPS) is 18.4. The maximum atomic E-state index is 12.2. The van der Waals surface area contributed by atoms with Gasteiger partial charge in [-0.15, -0.1) is 0 Å². The van der Waals surface area contributed by atoms with Crippen LogP contribution in [0.1, 0.15) is 35.4 Å². The van der Waals surface area contributed by atoms with Gasteiger partial charge in [-0.2, -0.15) is 0 Å². The second-order valence-corrected chi connectivity index (χ2v) is 5.51. The Morgan fingerprint density at radius 3 is 2.95 bits per heavy atom. The van der Waals surface area contributed by atoms with E-state index in [1.807, 2.05) is 13.0 Å². The van der Waals surface area contributed by atoms with Gasteiger partial charge in [0.15, 0.2) is 0 Å². The molecule has 0 N–H and O–H groups in total. The summed E-state index contributed by atoms with van der Waals surface area (Å²) in [4.78, 5) is 12.2. The van der Waals surface area contributed by atoms with Crippen molar-refractivity contribution in [1.29, 1.82) is 0 Å². The van der Waals surface area contributed by atoms with Gasteiger partial charge in [-0.1, -0.05) is 0 Å². The van der Waals surface area contributed by atoms with Crippen molar-refractivity contribution in [3.63, 3.8) is 0 Å². The van der Waals surface area contributed by atoms with E-state index in [-0.39, 0.29) is 18.5 Å². The minimum absolute atomic E-state index is 0.00229. The van der Waals surface area contributed by atoms with Gasteiger partial charge >= 0.3 is 5.97 Å². The number of aryl methyl sites for hydroxylation is 1. The molecule has 1 unspecified atom stereocenters. The topological polar surface area (TPSA) is 57.9 Å². The molecule has 0 radical (unpaired) electrons. The zero-order chi connectivity index (χ0) is 15.5. The molecule has 0 saturated carbocycles. The van der Waals surface area contributed by atoms with Crippen molar-refractivity contribution in [3.8, 4) is 5.75 Å². The summed E-state index contributed by atoms with van der Waals surface area (Å²) in [6.07, 6.45) is 3.13. The van der Waals surface area contributed by atoms with E-state index >= 15 is 0 Å². The van der Waals surface area contributed by atoms with Gasteiger partial charge in [-0.05, 0) is 44.4 Å². The highest BCUT2D eigenvalue weighted by Gasteiger charge is 2.22. The fourth-order valence-electron chi connectivity index (χ4n) is 2.69. The highest BCUT2D eigenvalue weighted by Crippen LogP contribution is 2.29. The molecule has 1 atom stereocenters. The summed E-state index contributed by atoms with van der Waals surface area (Å²) in [7, 11) is 1.61. The van der Waals surface area contributed by atoms with Crippen LogP contribution in [-0.4, -0.2) is 32.4 Å². The molecule has 118 valence electrons. The minimum atomic E-state index is -0.443. The second-order valence-electron chi connectivity index (χ2n) is 5.51. The van der Waals surface area contributed by atoms with Gasteiger partial charge in [0, 0.05) is 17.6 Å². The Hall–Kier alpha value is -2.01. The molecule has 2 heterocycles. The van der Waals surface area contributed by atoms with Crippen molar-refractivity contribution >= 4 is 16.9 Å². The Kier molecular flexibility index (Phi) is 4.34. The number of methoxy groups -OCH3 is 1. The number of fused-ring (bicyclic) bond motifs is 1. The predicted octanol–water partition coefficient (Wildman–Crippen LogP) is 3.48. The molecule has 1 aromatic heterocycles. The smallest absolute Gasteiger partial charge is 0.374 e. The van der Waals surface area contributed by atoms with Crippen molar-refractivity contribution in [1.82, 2.24) is 0 Å². The van der Waals surface area contributed by atoms with E-state index in [4.69, 9.17) is 18.6 Å². The summed E-state index contributed by atoms with van der Waals surface area (Å²) in [5, 5.41) is 0.861. The van der Waals surface area contributed by atoms with Crippen molar-refractivity contribution in [2.45, 2.75) is 32.3 Å². The molecule has 1 fully saturated rings. The fraction of sp³-hybridized carbons (Fsp3) is 0.471. The van der Waals surface area contributed by atoms with Crippen LogP contribution in [0.3, 0.4) is 0 Å². The van der Waals surface area contributed by atoms with E-state index in [0.29, 0.717) is 5.58 Å². The number of hydrogen-bond donors (Lipinski definition) is 0. The number of hydrogen-bond acceptors (Lipinski definition) is 5. The lowest BCUT2D eigenvalue weighted by Gasteiger charge is -2.21. The third-order valence-corrected chi connectivity index (χ3v) is 4.00. The van der Waals surface area contributed by atoms with E-state index in [1.165, 1.54) is 0 Å². The van der Waals surface area contributed by atoms with Gasteiger partial charge in [-0.3, -0.25) is 0 Å². The van der Waals surface area contributed by atoms with Crippen LogP contribution in [0.5, 0.6) is 5.75 Å². The maximum Gasteiger partial charge on any atom is 0.374 e. The molecule has 0 bridgehead atoms. The third-order valence-electron chi connectivity index (χ3n) is 4.00. The van der Waals surface area contributed by atoms with Crippen LogP contribution < -0.4 is 4.74 Å². The Morgan fingerprint density at radius 2 is 2.23 bits per heavy atom. The Labute approximate surface area is 129 Å². The number of rotatable bonds is 4. The number of benzene rings is 1. The SMILES string of the molecule is COc1ccc2oc(C(=O)OCC3CCCCO3)c(C)c2c1. The fourth-order valence-corrected chi connectivity index (χ4v) is 2.69. The Balaban J connectivity index is 1.74. The Bertz CT molecular complexity index is 667. The van der Waals surface area contributed by atoms with Crippen molar-refractivity contribution in [2.75, 3.05) is 20.3 Å². The summed E-state index contributed by atoms with van der Waals surface area (Å²) in [5.74, 6) is 0.535. The molecule has 5 nitrogen and oxygen atoms in total. The third kappa shape index (κ3) is 2.95. The van der Waals surface area contributed by atoms with Crippen LogP contribution in [0.4, 0.5) is 0 Å². The molecular formula is C17H20O5. The van der Waals surface area contributed by atoms with E-state index in [2.05, 4.69) is 0 Å². The van der Waals surface area contributed by atoms with Crippen LogP contribution in [0.25, 0.3) is 11.0 Å². The molecular weight excluding hydrogens is 284 g/mol. The number of esters is 1. The Morgan fingerprint density at radius 1 is 1.36 bits per heavy atom. The highest BCUT2D eigenvalue weighted by atomic mass is 16.6. The zero-order valence-electron chi connectivity index (χ0n) is 12.9. The molecule has 22 heavy (non-hydrogen) atoms. The lowest BCUT2D eigenvalue weighted by molar-refractivity contribution is -0.0310. The first-order valence-electron chi connectivity index (χ1n) is 7.55. The zero-order valence-corrected chi connectivity index (χ0v) is 12.9. The van der Waals surface area contributed by atoms with Crippen molar-refractivity contribution in [2.24, 2.45) is 0 Å². The van der Waals surface area contributed by atoms with Crippen LogP contribution in [0.2, 0.25) is 0 Å². The number of carbonyl (C=O) groups excluding carboxylic acids is 1. The predicted molar refractivity (Wildman–Crippen MR) is 81.4 cm³/mol. The lowest BCUT2D eigenvalue weighted by atomic mass is 10.1. The second kappa shape index (κ2) is 6.40. The minimum Gasteiger partial charge on any atom is -0.497 e.